The van der Waals surface area contributed by atoms with Crippen LogP contribution in [-0.4, -0.2) is 69.9 Å². The van der Waals surface area contributed by atoms with Crippen LogP contribution in [0.5, 0.6) is 0 Å². The van der Waals surface area contributed by atoms with Crippen LogP contribution in [0.25, 0.3) is 0 Å². The second kappa shape index (κ2) is 8.58. The molecule has 2 fully saturated rings. The van der Waals surface area contributed by atoms with Gasteiger partial charge in [0.1, 0.15) is 11.4 Å². The summed E-state index contributed by atoms with van der Waals surface area (Å²) in [4.78, 5) is 36.1. The van der Waals surface area contributed by atoms with Crippen molar-refractivity contribution in [3.63, 3.8) is 0 Å². The van der Waals surface area contributed by atoms with Crippen molar-refractivity contribution in [2.45, 2.75) is 38.5 Å². The number of nitrogens with zero attached hydrogens (tertiary/aromatic N) is 5. The molecule has 11 nitrogen and oxygen atoms in total. The summed E-state index contributed by atoms with van der Waals surface area (Å²) >= 11 is 0. The lowest BCUT2D eigenvalue weighted by Crippen LogP contribution is -2.66. The monoisotopic (exact) mass is 442 g/mol. The van der Waals surface area contributed by atoms with E-state index < -0.39 is 10.5 Å². The van der Waals surface area contributed by atoms with Gasteiger partial charge >= 0.3 is 11.8 Å². The summed E-state index contributed by atoms with van der Waals surface area (Å²) in [5, 5.41) is 14.5. The largest absolute Gasteiger partial charge is 0.444 e. The van der Waals surface area contributed by atoms with Gasteiger partial charge in [-0.15, -0.1) is 0 Å². The third-order valence-corrected chi connectivity index (χ3v) is 5.20. The molecule has 32 heavy (non-hydrogen) atoms. The smallest absolute Gasteiger partial charge is 0.411 e. The summed E-state index contributed by atoms with van der Waals surface area (Å²) in [7, 11) is 0. The zero-order valence-electron chi connectivity index (χ0n) is 18.2. The minimum atomic E-state index is -0.586. The fraction of sp³-hybridized carbons (Fsp3) is 0.476. The summed E-state index contributed by atoms with van der Waals surface area (Å²) in [6.45, 7) is 7.26. The van der Waals surface area contributed by atoms with E-state index >= 15 is 0 Å². The van der Waals surface area contributed by atoms with Crippen LogP contribution < -0.4 is 10.2 Å². The Morgan fingerprint density at radius 2 is 1.84 bits per heavy atom. The highest BCUT2D eigenvalue weighted by Gasteiger charge is 2.43. The van der Waals surface area contributed by atoms with E-state index in [1.807, 2.05) is 25.7 Å². The van der Waals surface area contributed by atoms with Crippen molar-refractivity contribution in [3.05, 3.63) is 46.8 Å². The van der Waals surface area contributed by atoms with Gasteiger partial charge in [-0.3, -0.25) is 20.0 Å². The fourth-order valence-corrected chi connectivity index (χ4v) is 3.89. The van der Waals surface area contributed by atoms with Gasteiger partial charge in [0.15, 0.2) is 0 Å². The number of nitrogens with one attached hydrogen (secondary N) is 1. The molecule has 1 N–H and O–H groups in total. The molecule has 2 saturated heterocycles. The Hall–Kier alpha value is -3.47. The SMILES string of the molecule is CC(C)(C)OC(=O)N1C2COCC1CN(c1ccc([N+](=O)[O-])c(Nc3ccncc3)n1)C2. The quantitative estimate of drug-likeness (QED) is 0.562. The van der Waals surface area contributed by atoms with Crippen molar-refractivity contribution in [3.8, 4) is 0 Å². The molecule has 2 aromatic rings. The predicted octanol–water partition coefficient (Wildman–Crippen LogP) is 2.95. The lowest BCUT2D eigenvalue weighted by molar-refractivity contribution is -0.384. The number of ether oxygens (including phenoxy) is 2. The summed E-state index contributed by atoms with van der Waals surface area (Å²) in [6, 6.07) is 6.09. The van der Waals surface area contributed by atoms with Gasteiger partial charge in [0.05, 0.1) is 30.2 Å². The number of hydrogen-bond donors (Lipinski definition) is 1. The minimum absolute atomic E-state index is 0.124. The molecule has 11 heteroatoms. The van der Waals surface area contributed by atoms with Crippen LogP contribution in [0, 0.1) is 10.1 Å². The standard InChI is InChI=1S/C21H26N6O5/c1-21(2,3)32-20(28)26-15-10-25(11-16(26)13-31-12-15)18-5-4-17(27(29)30)19(24-18)23-14-6-8-22-9-7-14/h4-9,15-16H,10-13H2,1-3H3,(H,22,23,24). The Bertz CT molecular complexity index is 982. The second-order valence-electron chi connectivity index (χ2n) is 8.79. The van der Waals surface area contributed by atoms with Crippen LogP contribution in [0.3, 0.4) is 0 Å². The molecule has 0 aromatic carbocycles. The molecule has 2 atom stereocenters. The molecule has 0 spiro atoms. The van der Waals surface area contributed by atoms with E-state index in [1.165, 1.54) is 6.07 Å². The minimum Gasteiger partial charge on any atom is -0.444 e. The van der Waals surface area contributed by atoms with Crippen molar-refractivity contribution >= 4 is 29.1 Å². The summed E-state index contributed by atoms with van der Waals surface area (Å²) in [5.41, 5.74) is -0.0640. The summed E-state index contributed by atoms with van der Waals surface area (Å²) in [6.07, 6.45) is 2.83. The molecule has 2 aromatic heterocycles. The number of carbonyl (C=O) groups excluding carboxylic acids is 1. The highest BCUT2D eigenvalue weighted by atomic mass is 16.6. The Morgan fingerprint density at radius 1 is 1.19 bits per heavy atom. The highest BCUT2D eigenvalue weighted by Crippen LogP contribution is 2.31. The third kappa shape index (κ3) is 4.72. The van der Waals surface area contributed by atoms with Crippen molar-refractivity contribution in [1.82, 2.24) is 14.9 Å². The van der Waals surface area contributed by atoms with E-state index in [4.69, 9.17) is 9.47 Å². The zero-order chi connectivity index (χ0) is 22.9. The number of nitro groups is 1. The van der Waals surface area contributed by atoms with Crippen LogP contribution in [0.15, 0.2) is 36.7 Å². The lowest BCUT2D eigenvalue weighted by atomic mass is 10.0. The van der Waals surface area contributed by atoms with E-state index in [0.717, 1.165) is 0 Å². The Morgan fingerprint density at radius 3 is 2.44 bits per heavy atom. The Labute approximate surface area is 185 Å². The molecule has 0 saturated carbocycles. The molecule has 2 aliphatic heterocycles. The van der Waals surface area contributed by atoms with Gasteiger partial charge in [-0.25, -0.2) is 9.78 Å². The first-order chi connectivity index (χ1) is 15.2. The van der Waals surface area contributed by atoms with Gasteiger partial charge in [-0.2, -0.15) is 0 Å². The molecule has 170 valence electrons. The molecule has 2 aliphatic rings. The number of fused-ring (bicyclic) bond motifs is 2. The maximum Gasteiger partial charge on any atom is 0.411 e. The van der Waals surface area contributed by atoms with E-state index in [2.05, 4.69) is 15.3 Å². The van der Waals surface area contributed by atoms with Crippen LogP contribution >= 0.6 is 0 Å². The van der Waals surface area contributed by atoms with Crippen molar-refractivity contribution in [1.29, 1.82) is 0 Å². The van der Waals surface area contributed by atoms with Crippen molar-refractivity contribution in [2.75, 3.05) is 36.5 Å². The molecule has 4 rings (SSSR count). The Balaban J connectivity index is 1.57. The fourth-order valence-electron chi connectivity index (χ4n) is 3.89. The van der Waals surface area contributed by atoms with Gasteiger partial charge < -0.3 is 19.7 Å². The topological polar surface area (TPSA) is 123 Å². The maximum absolute atomic E-state index is 12.8. The number of carbonyl (C=O) groups is 1. The molecule has 2 unspecified atom stereocenters. The average Bonchev–Trinajstić information content (AvgIpc) is 2.72. The molecule has 2 bridgehead atoms. The summed E-state index contributed by atoms with van der Waals surface area (Å²) < 4.78 is 11.3. The van der Waals surface area contributed by atoms with E-state index in [-0.39, 0.29) is 29.7 Å². The number of rotatable bonds is 4. The number of aromatic nitrogens is 2. The van der Waals surface area contributed by atoms with E-state index in [0.29, 0.717) is 37.8 Å². The third-order valence-electron chi connectivity index (χ3n) is 5.20. The number of hydrogen-bond acceptors (Lipinski definition) is 9. The number of anilines is 3. The van der Waals surface area contributed by atoms with Crippen molar-refractivity contribution in [2.24, 2.45) is 0 Å². The van der Waals surface area contributed by atoms with Gasteiger partial charge in [0.25, 0.3) is 0 Å². The molecule has 4 heterocycles. The Kier molecular flexibility index (Phi) is 5.83. The number of amides is 1. The highest BCUT2D eigenvalue weighted by molar-refractivity contribution is 5.71. The molecular weight excluding hydrogens is 416 g/mol. The normalized spacial score (nSPS) is 20.6. The first kappa shape index (κ1) is 21.8. The van der Waals surface area contributed by atoms with Crippen LogP contribution in [0.1, 0.15) is 20.8 Å². The van der Waals surface area contributed by atoms with Gasteiger partial charge in [-0.05, 0) is 39.0 Å². The predicted molar refractivity (Wildman–Crippen MR) is 117 cm³/mol. The number of piperazine rings is 1. The van der Waals surface area contributed by atoms with Gasteiger partial charge in [0.2, 0.25) is 5.82 Å². The first-order valence-corrected chi connectivity index (χ1v) is 10.4. The average molecular weight is 442 g/mol. The van der Waals surface area contributed by atoms with Crippen LogP contribution in [0.2, 0.25) is 0 Å². The van der Waals surface area contributed by atoms with E-state index in [9.17, 15) is 14.9 Å². The zero-order valence-corrected chi connectivity index (χ0v) is 18.2. The van der Waals surface area contributed by atoms with E-state index in [1.54, 1.807) is 35.5 Å². The van der Waals surface area contributed by atoms with Gasteiger partial charge in [0, 0.05) is 37.2 Å². The lowest BCUT2D eigenvalue weighted by Gasteiger charge is -2.49. The maximum atomic E-state index is 12.8. The van der Waals surface area contributed by atoms with Crippen LogP contribution in [-0.2, 0) is 9.47 Å². The molecular formula is C21H26N6O5. The number of pyridine rings is 2. The van der Waals surface area contributed by atoms with Gasteiger partial charge in [-0.1, -0.05) is 0 Å². The molecule has 1 amide bonds. The van der Waals surface area contributed by atoms with Crippen LogP contribution in [0.4, 0.5) is 27.8 Å². The molecule has 0 aliphatic carbocycles. The van der Waals surface area contributed by atoms with Crippen molar-refractivity contribution < 1.29 is 19.2 Å². The molecule has 0 radical (unpaired) electrons. The second-order valence-corrected chi connectivity index (χ2v) is 8.79. The number of morpholine rings is 1. The first-order valence-electron chi connectivity index (χ1n) is 10.4. The summed E-state index contributed by atoms with van der Waals surface area (Å²) in [5.74, 6) is 0.738.